The minimum atomic E-state index is 0.569. The van der Waals surface area contributed by atoms with E-state index in [4.69, 9.17) is 30.5 Å². The average Bonchev–Trinajstić information content (AvgIpc) is 2.69. The van der Waals surface area contributed by atoms with Gasteiger partial charge in [-0.15, -0.1) is 0 Å². The molecule has 27 heavy (non-hydrogen) atoms. The molecule has 6 heteroatoms. The molecule has 148 valence electrons. The predicted molar refractivity (Wildman–Crippen MR) is 109 cm³/mol. The zero-order valence-electron chi connectivity index (χ0n) is 16.4. The lowest BCUT2D eigenvalue weighted by Crippen LogP contribution is -2.17. The molecule has 0 aliphatic carbocycles. The molecule has 0 fully saturated rings. The van der Waals surface area contributed by atoms with Crippen LogP contribution in [-0.2, 0) is 13.0 Å². The fourth-order valence-electron chi connectivity index (χ4n) is 2.72. The first-order chi connectivity index (χ1) is 13.1. The number of benzene rings is 2. The highest BCUT2D eigenvalue weighted by Gasteiger charge is 2.12. The highest BCUT2D eigenvalue weighted by molar-refractivity contribution is 6.32. The van der Waals surface area contributed by atoms with Crippen LogP contribution in [0.4, 0.5) is 0 Å². The van der Waals surface area contributed by atoms with Gasteiger partial charge < -0.3 is 24.3 Å². The number of nitrogens with one attached hydrogen (secondary N) is 1. The summed E-state index contributed by atoms with van der Waals surface area (Å²) in [6, 6.07) is 9.84. The smallest absolute Gasteiger partial charge is 0.179 e. The van der Waals surface area contributed by atoms with E-state index in [0.29, 0.717) is 29.7 Å². The Bertz CT molecular complexity index is 736. The lowest BCUT2D eigenvalue weighted by Gasteiger charge is -2.14. The molecule has 0 saturated carbocycles. The summed E-state index contributed by atoms with van der Waals surface area (Å²) in [6.45, 7) is 4.18. The lowest BCUT2D eigenvalue weighted by molar-refractivity contribution is 0.294. The molecule has 2 rings (SSSR count). The molecule has 0 aromatic heterocycles. The number of rotatable bonds is 11. The van der Waals surface area contributed by atoms with Crippen molar-refractivity contribution in [2.24, 2.45) is 0 Å². The van der Waals surface area contributed by atoms with E-state index in [1.54, 1.807) is 21.3 Å². The normalized spacial score (nSPS) is 10.6. The minimum Gasteiger partial charge on any atom is -0.493 e. The number of halogens is 1. The van der Waals surface area contributed by atoms with Gasteiger partial charge in [0, 0.05) is 6.54 Å². The van der Waals surface area contributed by atoms with Gasteiger partial charge in [0.2, 0.25) is 0 Å². The van der Waals surface area contributed by atoms with Crippen molar-refractivity contribution in [2.75, 3.05) is 34.5 Å². The van der Waals surface area contributed by atoms with Crippen molar-refractivity contribution in [2.45, 2.75) is 26.3 Å². The molecule has 0 aliphatic heterocycles. The van der Waals surface area contributed by atoms with Crippen molar-refractivity contribution in [1.82, 2.24) is 5.32 Å². The van der Waals surface area contributed by atoms with Gasteiger partial charge in [0.15, 0.2) is 23.0 Å². The summed E-state index contributed by atoms with van der Waals surface area (Å²) in [7, 11) is 4.90. The number of hydrogen-bond acceptors (Lipinski definition) is 5. The Kier molecular flexibility index (Phi) is 8.55. The molecule has 5 nitrogen and oxygen atoms in total. The molecule has 0 bridgehead atoms. The van der Waals surface area contributed by atoms with Gasteiger partial charge in [-0.25, -0.2) is 0 Å². The van der Waals surface area contributed by atoms with Crippen LogP contribution in [0.15, 0.2) is 30.3 Å². The highest BCUT2D eigenvalue weighted by Crippen LogP contribution is 2.36. The SMILES string of the molecule is CCCOc1c(Cl)cc(CNCCc2ccc(OC)c(OC)c2)cc1OC. The Morgan fingerprint density at radius 3 is 2.26 bits per heavy atom. The standard InChI is InChI=1S/C21H28ClNO4/c1-5-10-27-21-17(22)11-16(13-20(21)26-4)14-23-9-8-15-6-7-18(24-2)19(12-15)25-3/h6-7,11-13,23H,5,8-10,14H2,1-4H3. The maximum atomic E-state index is 6.36. The van der Waals surface area contributed by atoms with E-state index >= 15 is 0 Å². The number of ether oxygens (including phenoxy) is 4. The first kappa shape index (κ1) is 21.2. The first-order valence-electron chi connectivity index (χ1n) is 9.03. The van der Waals surface area contributed by atoms with Crippen molar-refractivity contribution in [3.8, 4) is 23.0 Å². The summed E-state index contributed by atoms with van der Waals surface area (Å²) >= 11 is 6.36. The summed E-state index contributed by atoms with van der Waals surface area (Å²) in [5, 5.41) is 4.00. The van der Waals surface area contributed by atoms with Crippen molar-refractivity contribution < 1.29 is 18.9 Å². The number of hydrogen-bond donors (Lipinski definition) is 1. The van der Waals surface area contributed by atoms with Gasteiger partial charge in [0.1, 0.15) is 0 Å². The van der Waals surface area contributed by atoms with E-state index in [1.807, 2.05) is 30.3 Å². The molecule has 0 heterocycles. The van der Waals surface area contributed by atoms with Crippen LogP contribution in [0.1, 0.15) is 24.5 Å². The summed E-state index contributed by atoms with van der Waals surface area (Å²) in [5.41, 5.74) is 2.23. The van der Waals surface area contributed by atoms with Gasteiger partial charge in [-0.3, -0.25) is 0 Å². The van der Waals surface area contributed by atoms with Gasteiger partial charge in [-0.1, -0.05) is 24.6 Å². The molecule has 0 saturated heterocycles. The largest absolute Gasteiger partial charge is 0.493 e. The summed E-state index contributed by atoms with van der Waals surface area (Å²) in [6.07, 6.45) is 1.79. The summed E-state index contributed by atoms with van der Waals surface area (Å²) in [5.74, 6) is 2.75. The Hall–Kier alpha value is -2.11. The van der Waals surface area contributed by atoms with Crippen molar-refractivity contribution in [3.05, 3.63) is 46.5 Å². The van der Waals surface area contributed by atoms with E-state index in [2.05, 4.69) is 12.2 Å². The molecular formula is C21H28ClNO4. The zero-order chi connectivity index (χ0) is 19.6. The predicted octanol–water partition coefficient (Wildman–Crippen LogP) is 4.49. The van der Waals surface area contributed by atoms with Crippen LogP contribution < -0.4 is 24.3 Å². The third-order valence-electron chi connectivity index (χ3n) is 4.11. The van der Waals surface area contributed by atoms with Gasteiger partial charge in [0.05, 0.1) is 33.0 Å². The summed E-state index contributed by atoms with van der Waals surface area (Å²) in [4.78, 5) is 0. The molecule has 2 aromatic carbocycles. The van der Waals surface area contributed by atoms with Crippen LogP contribution in [0, 0.1) is 0 Å². The van der Waals surface area contributed by atoms with Crippen molar-refractivity contribution in [1.29, 1.82) is 0 Å². The second-order valence-electron chi connectivity index (χ2n) is 6.07. The van der Waals surface area contributed by atoms with Crippen molar-refractivity contribution >= 4 is 11.6 Å². The van der Waals surface area contributed by atoms with E-state index in [-0.39, 0.29) is 0 Å². The van der Waals surface area contributed by atoms with E-state index in [1.165, 1.54) is 5.56 Å². The second-order valence-corrected chi connectivity index (χ2v) is 6.48. The number of methoxy groups -OCH3 is 3. The first-order valence-corrected chi connectivity index (χ1v) is 9.41. The van der Waals surface area contributed by atoms with Gasteiger partial charge >= 0.3 is 0 Å². The molecule has 0 unspecified atom stereocenters. The highest BCUT2D eigenvalue weighted by atomic mass is 35.5. The fourth-order valence-corrected chi connectivity index (χ4v) is 3.01. The van der Waals surface area contributed by atoms with Gasteiger partial charge in [0.25, 0.3) is 0 Å². The Balaban J connectivity index is 1.92. The Morgan fingerprint density at radius 2 is 1.59 bits per heavy atom. The van der Waals surface area contributed by atoms with Crippen LogP contribution in [0.25, 0.3) is 0 Å². The quantitative estimate of drug-likeness (QED) is 0.570. The van der Waals surface area contributed by atoms with Gasteiger partial charge in [-0.2, -0.15) is 0 Å². The molecule has 2 aromatic rings. The molecule has 1 N–H and O–H groups in total. The summed E-state index contributed by atoms with van der Waals surface area (Å²) < 4.78 is 21.7. The van der Waals surface area contributed by atoms with Crippen LogP contribution >= 0.6 is 11.6 Å². The molecular weight excluding hydrogens is 366 g/mol. The van der Waals surface area contributed by atoms with Crippen LogP contribution in [0.2, 0.25) is 5.02 Å². The maximum Gasteiger partial charge on any atom is 0.179 e. The monoisotopic (exact) mass is 393 g/mol. The Morgan fingerprint density at radius 1 is 0.889 bits per heavy atom. The van der Waals surface area contributed by atoms with E-state index in [9.17, 15) is 0 Å². The van der Waals surface area contributed by atoms with Crippen LogP contribution in [-0.4, -0.2) is 34.5 Å². The maximum absolute atomic E-state index is 6.36. The molecule has 0 atom stereocenters. The molecule has 0 amide bonds. The van der Waals surface area contributed by atoms with Gasteiger partial charge in [-0.05, 0) is 54.8 Å². The Labute approximate surface area is 166 Å². The van der Waals surface area contributed by atoms with Crippen LogP contribution in [0.3, 0.4) is 0 Å². The second kappa shape index (κ2) is 10.9. The fraction of sp³-hybridized carbons (Fsp3) is 0.429. The van der Waals surface area contributed by atoms with Crippen LogP contribution in [0.5, 0.6) is 23.0 Å². The minimum absolute atomic E-state index is 0.569. The topological polar surface area (TPSA) is 49.0 Å². The zero-order valence-corrected chi connectivity index (χ0v) is 17.2. The van der Waals surface area contributed by atoms with Crippen molar-refractivity contribution in [3.63, 3.8) is 0 Å². The van der Waals surface area contributed by atoms with E-state index in [0.717, 1.165) is 36.4 Å². The molecule has 0 aliphatic rings. The third kappa shape index (κ3) is 5.94. The third-order valence-corrected chi connectivity index (χ3v) is 4.39. The molecule has 0 spiro atoms. The average molecular weight is 394 g/mol. The van der Waals surface area contributed by atoms with E-state index < -0.39 is 0 Å². The lowest BCUT2D eigenvalue weighted by atomic mass is 10.1. The molecule has 0 radical (unpaired) electrons.